The Balaban J connectivity index is 2.31. The Morgan fingerprint density at radius 1 is 1.20 bits per heavy atom. The molecule has 15 heavy (non-hydrogen) atoms. The lowest BCUT2D eigenvalue weighted by Crippen LogP contribution is -2.43. The number of hydrogen-bond donors (Lipinski definition) is 3. The average Bonchev–Trinajstić information content (AvgIpc) is 2.27. The van der Waals surface area contributed by atoms with Gasteiger partial charge in [0.15, 0.2) is 11.5 Å². The van der Waals surface area contributed by atoms with Gasteiger partial charge in [0, 0.05) is 26.2 Å². The molecule has 0 bridgehead atoms. The predicted molar refractivity (Wildman–Crippen MR) is 54.8 cm³/mol. The Hall–Kier alpha value is -1.49. The second-order valence-corrected chi connectivity index (χ2v) is 3.50. The number of anilines is 1. The Kier molecular flexibility index (Phi) is 2.64. The molecule has 5 heteroatoms. The quantitative estimate of drug-likeness (QED) is 0.639. The van der Waals surface area contributed by atoms with Gasteiger partial charge in [-0.05, 0) is 12.1 Å². The summed E-state index contributed by atoms with van der Waals surface area (Å²) >= 11 is 0. The van der Waals surface area contributed by atoms with Gasteiger partial charge in [0.05, 0.1) is 5.69 Å². The molecule has 0 radical (unpaired) electrons. The monoisotopic (exact) mass is 212 g/mol. The van der Waals surface area contributed by atoms with Crippen LogP contribution in [0.5, 0.6) is 11.5 Å². The zero-order chi connectivity index (χ0) is 10.8. The summed E-state index contributed by atoms with van der Waals surface area (Å²) in [5, 5.41) is 21.8. The zero-order valence-electron chi connectivity index (χ0n) is 8.20. The molecule has 3 N–H and O–H groups in total. The molecule has 0 saturated carbocycles. The molecule has 0 atom stereocenters. The molecule has 4 nitrogen and oxygen atoms in total. The van der Waals surface area contributed by atoms with Crippen LogP contribution in [0.1, 0.15) is 0 Å². The molecule has 1 heterocycles. The van der Waals surface area contributed by atoms with Crippen molar-refractivity contribution in [1.82, 2.24) is 5.32 Å². The highest BCUT2D eigenvalue weighted by atomic mass is 19.1. The molecule has 2 rings (SSSR count). The van der Waals surface area contributed by atoms with Crippen LogP contribution in [0.3, 0.4) is 0 Å². The molecule has 0 aliphatic carbocycles. The van der Waals surface area contributed by atoms with Gasteiger partial charge >= 0.3 is 0 Å². The summed E-state index contributed by atoms with van der Waals surface area (Å²) in [5.41, 5.74) is 0.437. The molecule has 1 aromatic carbocycles. The molecule has 0 amide bonds. The Morgan fingerprint density at radius 2 is 1.87 bits per heavy atom. The fraction of sp³-hybridized carbons (Fsp3) is 0.400. The maximum Gasteiger partial charge on any atom is 0.208 e. The Morgan fingerprint density at radius 3 is 2.53 bits per heavy atom. The van der Waals surface area contributed by atoms with Gasteiger partial charge < -0.3 is 20.4 Å². The first-order valence-corrected chi connectivity index (χ1v) is 4.86. The summed E-state index contributed by atoms with van der Waals surface area (Å²) in [6, 6.07) is 2.78. The van der Waals surface area contributed by atoms with Gasteiger partial charge in [-0.2, -0.15) is 4.39 Å². The van der Waals surface area contributed by atoms with Gasteiger partial charge in [0.25, 0.3) is 0 Å². The summed E-state index contributed by atoms with van der Waals surface area (Å²) < 4.78 is 13.2. The molecule has 1 fully saturated rings. The highest BCUT2D eigenvalue weighted by Gasteiger charge is 2.18. The van der Waals surface area contributed by atoms with Crippen molar-refractivity contribution < 1.29 is 14.6 Å². The number of hydrogen-bond acceptors (Lipinski definition) is 4. The van der Waals surface area contributed by atoms with Crippen LogP contribution in [0, 0.1) is 5.82 Å². The minimum absolute atomic E-state index is 0.437. The van der Waals surface area contributed by atoms with Crippen LogP contribution >= 0.6 is 0 Å². The lowest BCUT2D eigenvalue weighted by atomic mass is 10.2. The van der Waals surface area contributed by atoms with E-state index >= 15 is 0 Å². The van der Waals surface area contributed by atoms with Crippen LogP contribution in [0.4, 0.5) is 10.1 Å². The van der Waals surface area contributed by atoms with E-state index in [4.69, 9.17) is 5.11 Å². The van der Waals surface area contributed by atoms with Crippen molar-refractivity contribution >= 4 is 5.69 Å². The van der Waals surface area contributed by atoms with Crippen molar-refractivity contribution in [1.29, 1.82) is 0 Å². The normalized spacial score (nSPS) is 16.7. The van der Waals surface area contributed by atoms with Crippen molar-refractivity contribution in [2.24, 2.45) is 0 Å². The molecule has 1 aromatic rings. The van der Waals surface area contributed by atoms with Gasteiger partial charge in [0.1, 0.15) is 0 Å². The topological polar surface area (TPSA) is 55.7 Å². The standard InChI is InChI=1S/C10H13FN2O2/c11-9-8(14)2-1-7(10(9)15)13-5-3-12-4-6-13/h1-2,12,14-15H,3-6H2. The first-order valence-electron chi connectivity index (χ1n) is 4.86. The van der Waals surface area contributed by atoms with Crippen LogP contribution in [-0.2, 0) is 0 Å². The predicted octanol–water partition coefficient (Wildman–Crippen LogP) is 0.646. The van der Waals surface area contributed by atoms with E-state index < -0.39 is 17.3 Å². The molecular weight excluding hydrogens is 199 g/mol. The number of phenols is 2. The number of nitrogens with one attached hydrogen (secondary N) is 1. The van der Waals surface area contributed by atoms with E-state index in [1.54, 1.807) is 0 Å². The third-order valence-corrected chi connectivity index (χ3v) is 2.53. The van der Waals surface area contributed by atoms with Crippen LogP contribution in [0.25, 0.3) is 0 Å². The van der Waals surface area contributed by atoms with Crippen molar-refractivity contribution in [2.45, 2.75) is 0 Å². The van der Waals surface area contributed by atoms with Gasteiger partial charge in [0.2, 0.25) is 5.82 Å². The number of rotatable bonds is 1. The fourth-order valence-electron chi connectivity index (χ4n) is 1.70. The molecule has 1 aliphatic rings. The van der Waals surface area contributed by atoms with Crippen LogP contribution in [0.2, 0.25) is 0 Å². The average molecular weight is 212 g/mol. The first kappa shape index (κ1) is 10.0. The van der Waals surface area contributed by atoms with E-state index in [1.165, 1.54) is 12.1 Å². The summed E-state index contributed by atoms with van der Waals surface area (Å²) in [6.45, 7) is 3.05. The third-order valence-electron chi connectivity index (χ3n) is 2.53. The fourth-order valence-corrected chi connectivity index (χ4v) is 1.70. The van der Waals surface area contributed by atoms with Crippen molar-refractivity contribution in [2.75, 3.05) is 31.1 Å². The Bertz CT molecular complexity index is 365. The van der Waals surface area contributed by atoms with E-state index in [0.29, 0.717) is 5.69 Å². The van der Waals surface area contributed by atoms with E-state index in [1.807, 2.05) is 4.90 Å². The molecule has 1 aliphatic heterocycles. The number of halogens is 1. The SMILES string of the molecule is Oc1ccc(N2CCNCC2)c(O)c1F. The molecule has 0 aromatic heterocycles. The Labute approximate surface area is 86.9 Å². The maximum atomic E-state index is 13.2. The van der Waals surface area contributed by atoms with Crippen LogP contribution < -0.4 is 10.2 Å². The minimum atomic E-state index is -0.953. The lowest BCUT2D eigenvalue weighted by molar-refractivity contribution is 0.388. The number of benzene rings is 1. The van der Waals surface area contributed by atoms with Gasteiger partial charge in [-0.15, -0.1) is 0 Å². The first-order chi connectivity index (χ1) is 7.20. The van der Waals surface area contributed by atoms with E-state index in [-0.39, 0.29) is 0 Å². The van der Waals surface area contributed by atoms with Gasteiger partial charge in [-0.25, -0.2) is 0 Å². The molecule has 0 unspecified atom stereocenters. The minimum Gasteiger partial charge on any atom is -0.505 e. The summed E-state index contributed by atoms with van der Waals surface area (Å²) in [7, 11) is 0. The summed E-state index contributed by atoms with van der Waals surface area (Å²) in [6.07, 6.45) is 0. The maximum absolute atomic E-state index is 13.2. The summed E-state index contributed by atoms with van der Waals surface area (Å²) in [5.74, 6) is -1.95. The summed E-state index contributed by atoms with van der Waals surface area (Å²) in [4.78, 5) is 1.88. The van der Waals surface area contributed by atoms with Crippen molar-refractivity contribution in [3.8, 4) is 11.5 Å². The van der Waals surface area contributed by atoms with Crippen LogP contribution in [-0.4, -0.2) is 36.4 Å². The van der Waals surface area contributed by atoms with Gasteiger partial charge in [-0.1, -0.05) is 0 Å². The van der Waals surface area contributed by atoms with Gasteiger partial charge in [-0.3, -0.25) is 0 Å². The van der Waals surface area contributed by atoms with Crippen LogP contribution in [0.15, 0.2) is 12.1 Å². The van der Waals surface area contributed by atoms with E-state index in [0.717, 1.165) is 26.2 Å². The third kappa shape index (κ3) is 1.83. The lowest BCUT2D eigenvalue weighted by Gasteiger charge is -2.29. The highest BCUT2D eigenvalue weighted by molar-refractivity contribution is 5.61. The molecular formula is C10H13FN2O2. The van der Waals surface area contributed by atoms with E-state index in [9.17, 15) is 9.50 Å². The largest absolute Gasteiger partial charge is 0.505 e. The highest BCUT2D eigenvalue weighted by Crippen LogP contribution is 2.34. The smallest absolute Gasteiger partial charge is 0.208 e. The second kappa shape index (κ2) is 3.94. The zero-order valence-corrected chi connectivity index (χ0v) is 8.20. The molecule has 1 saturated heterocycles. The molecule has 0 spiro atoms. The number of aromatic hydroxyl groups is 2. The second-order valence-electron chi connectivity index (χ2n) is 3.50. The number of nitrogens with zero attached hydrogens (tertiary/aromatic N) is 1. The number of phenolic OH excluding ortho intramolecular Hbond substituents is 2. The van der Waals surface area contributed by atoms with E-state index in [2.05, 4.69) is 5.32 Å². The number of piperazine rings is 1. The van der Waals surface area contributed by atoms with Crippen molar-refractivity contribution in [3.05, 3.63) is 17.9 Å². The molecule has 82 valence electrons. The van der Waals surface area contributed by atoms with Crippen molar-refractivity contribution in [3.63, 3.8) is 0 Å².